The van der Waals surface area contributed by atoms with E-state index in [2.05, 4.69) is 0 Å². The van der Waals surface area contributed by atoms with Gasteiger partial charge in [-0.05, 0) is 24.4 Å². The van der Waals surface area contributed by atoms with Gasteiger partial charge in [0.2, 0.25) is 6.20 Å². The topological polar surface area (TPSA) is 30.2 Å². The maximum atomic E-state index is 11.9. The monoisotopic (exact) mass is 274 g/mol. The van der Waals surface area contributed by atoms with Gasteiger partial charge in [-0.2, -0.15) is 4.84 Å². The van der Waals surface area contributed by atoms with Crippen molar-refractivity contribution in [2.75, 3.05) is 0 Å². The Bertz CT molecular complexity index is 417. The van der Waals surface area contributed by atoms with E-state index < -0.39 is 0 Å². The van der Waals surface area contributed by atoms with Crippen LogP contribution in [0.4, 0.5) is 0 Å². The standard InChI is InChI=1S/C12H14Cl2NO2/c13-10-6-7-15(11(14)8-10)17-12(16)9-4-2-1-3-5-9/h6-9H,1-5H2/q+1. The van der Waals surface area contributed by atoms with Crippen LogP contribution < -0.4 is 9.57 Å². The van der Waals surface area contributed by atoms with Crippen LogP contribution >= 0.6 is 23.2 Å². The quantitative estimate of drug-likeness (QED) is 0.613. The van der Waals surface area contributed by atoms with Crippen LogP contribution in [0.1, 0.15) is 32.1 Å². The van der Waals surface area contributed by atoms with E-state index in [9.17, 15) is 4.79 Å². The molecule has 5 heteroatoms. The lowest BCUT2D eigenvalue weighted by Gasteiger charge is -2.17. The molecular weight excluding hydrogens is 261 g/mol. The zero-order valence-electron chi connectivity index (χ0n) is 9.36. The molecule has 0 N–H and O–H groups in total. The van der Waals surface area contributed by atoms with Crippen LogP contribution in [0.3, 0.4) is 0 Å². The average molecular weight is 275 g/mol. The lowest BCUT2D eigenvalue weighted by Crippen LogP contribution is -2.48. The van der Waals surface area contributed by atoms with Crippen molar-refractivity contribution in [1.82, 2.24) is 0 Å². The minimum Gasteiger partial charge on any atom is -0.244 e. The summed E-state index contributed by atoms with van der Waals surface area (Å²) in [5.41, 5.74) is 0. The first-order chi connectivity index (χ1) is 8.16. The SMILES string of the molecule is O=C(O[n+]1ccc(Cl)cc1Cl)C1CCCCC1. The molecule has 92 valence electrons. The second kappa shape index (κ2) is 5.69. The zero-order chi connectivity index (χ0) is 12.3. The smallest absolute Gasteiger partial charge is 0.244 e. The third kappa shape index (κ3) is 3.33. The third-order valence-electron chi connectivity index (χ3n) is 2.96. The van der Waals surface area contributed by atoms with Crippen LogP contribution in [-0.4, -0.2) is 5.97 Å². The molecule has 1 aromatic heterocycles. The van der Waals surface area contributed by atoms with Crippen molar-refractivity contribution in [2.45, 2.75) is 32.1 Å². The molecule has 1 aromatic rings. The molecule has 0 unspecified atom stereocenters. The first-order valence-corrected chi connectivity index (χ1v) is 6.51. The van der Waals surface area contributed by atoms with E-state index in [-0.39, 0.29) is 11.9 Å². The third-order valence-corrected chi connectivity index (χ3v) is 3.47. The molecule has 1 aliphatic rings. The van der Waals surface area contributed by atoms with E-state index in [4.69, 9.17) is 28.0 Å². The largest absolute Gasteiger partial charge is 0.383 e. The van der Waals surface area contributed by atoms with Gasteiger partial charge in [-0.25, -0.2) is 4.79 Å². The van der Waals surface area contributed by atoms with E-state index in [1.165, 1.54) is 17.2 Å². The van der Waals surface area contributed by atoms with Crippen LogP contribution in [0.5, 0.6) is 0 Å². The molecule has 1 fully saturated rings. The molecule has 3 nitrogen and oxygen atoms in total. The summed E-state index contributed by atoms with van der Waals surface area (Å²) < 4.78 is 1.25. The van der Waals surface area contributed by atoms with Gasteiger partial charge >= 0.3 is 11.1 Å². The highest BCUT2D eigenvalue weighted by Gasteiger charge is 2.27. The predicted octanol–water partition coefficient (Wildman–Crippen LogP) is 2.82. The van der Waals surface area contributed by atoms with Crippen LogP contribution in [0.2, 0.25) is 10.2 Å². The first kappa shape index (κ1) is 12.7. The molecule has 0 spiro atoms. The van der Waals surface area contributed by atoms with Crippen molar-refractivity contribution in [1.29, 1.82) is 0 Å². The molecule has 0 atom stereocenters. The van der Waals surface area contributed by atoms with Gasteiger partial charge in [0.15, 0.2) is 0 Å². The zero-order valence-corrected chi connectivity index (χ0v) is 10.9. The Hall–Kier alpha value is -0.800. The Kier molecular flexibility index (Phi) is 4.24. The second-order valence-electron chi connectivity index (χ2n) is 4.24. The summed E-state index contributed by atoms with van der Waals surface area (Å²) >= 11 is 11.7. The molecule has 17 heavy (non-hydrogen) atoms. The Balaban J connectivity index is 2.02. The second-order valence-corrected chi connectivity index (χ2v) is 5.06. The normalized spacial score (nSPS) is 16.8. The Morgan fingerprint density at radius 1 is 1.29 bits per heavy atom. The molecule has 0 radical (unpaired) electrons. The summed E-state index contributed by atoms with van der Waals surface area (Å²) in [6, 6.07) is 3.17. The molecule has 1 aliphatic carbocycles. The molecule has 0 saturated heterocycles. The first-order valence-electron chi connectivity index (χ1n) is 5.76. The number of aromatic nitrogens is 1. The molecule has 0 aromatic carbocycles. The molecule has 0 aliphatic heterocycles. The van der Waals surface area contributed by atoms with Crippen molar-refractivity contribution in [3.05, 3.63) is 28.5 Å². The molecule has 0 amide bonds. The highest BCUT2D eigenvalue weighted by molar-refractivity contribution is 6.33. The number of pyridine rings is 1. The van der Waals surface area contributed by atoms with E-state index in [1.54, 1.807) is 12.3 Å². The average Bonchev–Trinajstić information content (AvgIpc) is 2.34. The van der Waals surface area contributed by atoms with Gasteiger partial charge in [-0.3, -0.25) is 0 Å². The highest BCUT2D eigenvalue weighted by atomic mass is 35.5. The Morgan fingerprint density at radius 3 is 2.65 bits per heavy atom. The Morgan fingerprint density at radius 2 is 2.00 bits per heavy atom. The van der Waals surface area contributed by atoms with Gasteiger partial charge in [0, 0.05) is 16.9 Å². The van der Waals surface area contributed by atoms with Gasteiger partial charge in [0.05, 0.1) is 10.9 Å². The molecule has 2 rings (SSSR count). The van der Waals surface area contributed by atoms with Crippen LogP contribution in [0, 0.1) is 5.92 Å². The number of halogens is 2. The predicted molar refractivity (Wildman–Crippen MR) is 64.8 cm³/mol. The summed E-state index contributed by atoms with van der Waals surface area (Å²) in [4.78, 5) is 17.1. The van der Waals surface area contributed by atoms with E-state index in [0.717, 1.165) is 25.7 Å². The van der Waals surface area contributed by atoms with Gasteiger partial charge in [0.25, 0.3) is 0 Å². The summed E-state index contributed by atoms with van der Waals surface area (Å²) in [5, 5.41) is 0.807. The number of rotatable bonds is 2. The summed E-state index contributed by atoms with van der Waals surface area (Å²) in [7, 11) is 0. The lowest BCUT2D eigenvalue weighted by atomic mass is 9.89. The molecular formula is C12H14Cl2NO2+. The number of carbonyl (C=O) groups is 1. The van der Waals surface area contributed by atoms with Gasteiger partial charge in [-0.1, -0.05) is 30.9 Å². The van der Waals surface area contributed by atoms with Crippen molar-refractivity contribution in [3.63, 3.8) is 0 Å². The van der Waals surface area contributed by atoms with Crippen molar-refractivity contribution in [2.24, 2.45) is 5.92 Å². The maximum Gasteiger partial charge on any atom is 0.383 e. The summed E-state index contributed by atoms with van der Waals surface area (Å²) in [5.74, 6) is -0.207. The van der Waals surface area contributed by atoms with Gasteiger partial charge in [0.1, 0.15) is 0 Å². The van der Waals surface area contributed by atoms with E-state index in [1.807, 2.05) is 0 Å². The number of hydrogen-bond acceptors (Lipinski definition) is 2. The number of carbonyl (C=O) groups excluding carboxylic acids is 1. The number of nitrogens with zero attached hydrogens (tertiary/aromatic N) is 1. The van der Waals surface area contributed by atoms with E-state index in [0.29, 0.717) is 10.2 Å². The van der Waals surface area contributed by atoms with Gasteiger partial charge < -0.3 is 0 Å². The fourth-order valence-electron chi connectivity index (χ4n) is 2.02. The minimum absolute atomic E-state index is 0.00277. The van der Waals surface area contributed by atoms with Crippen LogP contribution in [0.15, 0.2) is 18.3 Å². The molecule has 0 bridgehead atoms. The van der Waals surface area contributed by atoms with Crippen molar-refractivity contribution in [3.8, 4) is 0 Å². The fourth-order valence-corrected chi connectivity index (χ4v) is 2.44. The molecule has 1 saturated carbocycles. The fraction of sp³-hybridized carbons (Fsp3) is 0.500. The highest BCUT2D eigenvalue weighted by Crippen LogP contribution is 2.23. The van der Waals surface area contributed by atoms with E-state index >= 15 is 0 Å². The summed E-state index contributed by atoms with van der Waals surface area (Å²) in [6.45, 7) is 0. The van der Waals surface area contributed by atoms with Crippen LogP contribution in [0.25, 0.3) is 0 Å². The summed E-state index contributed by atoms with van der Waals surface area (Å²) in [6.07, 6.45) is 6.76. The maximum absolute atomic E-state index is 11.9. The van der Waals surface area contributed by atoms with Crippen molar-refractivity contribution >= 4 is 29.2 Å². The molecule has 1 heterocycles. The Labute approximate surface area is 110 Å². The lowest BCUT2D eigenvalue weighted by molar-refractivity contribution is -0.868. The minimum atomic E-state index is -0.209. The van der Waals surface area contributed by atoms with Crippen LogP contribution in [-0.2, 0) is 4.79 Å². The van der Waals surface area contributed by atoms with Crippen molar-refractivity contribution < 1.29 is 14.4 Å². The van der Waals surface area contributed by atoms with Gasteiger partial charge in [-0.15, -0.1) is 0 Å². The number of hydrogen-bond donors (Lipinski definition) is 0.